The van der Waals surface area contributed by atoms with Gasteiger partial charge in [-0.05, 0) is 44.5 Å². The Morgan fingerprint density at radius 1 is 1.00 bits per heavy atom. The molecule has 2 aliphatic rings. The lowest BCUT2D eigenvalue weighted by atomic mass is 10.2. The average Bonchev–Trinajstić information content (AvgIpc) is 3.43. The number of hydrogen-bond acceptors (Lipinski definition) is 4. The van der Waals surface area contributed by atoms with Crippen molar-refractivity contribution >= 4 is 23.4 Å². The van der Waals surface area contributed by atoms with Crippen LogP contribution >= 0.6 is 0 Å². The summed E-state index contributed by atoms with van der Waals surface area (Å²) in [5.41, 5.74) is 0.698. The summed E-state index contributed by atoms with van der Waals surface area (Å²) in [4.78, 5) is 39.9. The van der Waals surface area contributed by atoms with E-state index < -0.39 is 0 Å². The number of piperazine rings is 1. The number of hydrogen-bond donors (Lipinski definition) is 1. The molecule has 7 nitrogen and oxygen atoms in total. The number of carbonyl (C=O) groups excluding carboxylic acids is 3. The molecular formula is C20H27N3O4. The van der Waals surface area contributed by atoms with Crippen LogP contribution < -0.4 is 10.1 Å². The molecule has 1 aliphatic heterocycles. The Balaban J connectivity index is 1.47. The minimum absolute atomic E-state index is 0.0269. The SMILES string of the molecule is CC(=O)N1CCN(C(=O)C2CC2C(=O)Nc2ccc(OC(C)C)cc2)CC1. The summed E-state index contributed by atoms with van der Waals surface area (Å²) in [6.45, 7) is 7.67. The highest BCUT2D eigenvalue weighted by Crippen LogP contribution is 2.41. The van der Waals surface area contributed by atoms with E-state index in [0.29, 0.717) is 38.3 Å². The largest absolute Gasteiger partial charge is 0.491 e. The molecule has 1 saturated carbocycles. The van der Waals surface area contributed by atoms with Crippen LogP contribution in [-0.2, 0) is 14.4 Å². The second-order valence-electron chi connectivity index (χ2n) is 7.46. The summed E-state index contributed by atoms with van der Waals surface area (Å²) in [5, 5.41) is 2.88. The second kappa shape index (κ2) is 7.98. The van der Waals surface area contributed by atoms with Gasteiger partial charge in [0.1, 0.15) is 5.75 Å². The quantitative estimate of drug-likeness (QED) is 0.853. The van der Waals surface area contributed by atoms with Crippen molar-refractivity contribution in [3.05, 3.63) is 24.3 Å². The van der Waals surface area contributed by atoms with Crippen molar-refractivity contribution in [2.45, 2.75) is 33.3 Å². The molecule has 2 unspecified atom stereocenters. The van der Waals surface area contributed by atoms with E-state index in [9.17, 15) is 14.4 Å². The topological polar surface area (TPSA) is 79.0 Å². The van der Waals surface area contributed by atoms with Crippen LogP contribution in [0, 0.1) is 11.8 Å². The van der Waals surface area contributed by atoms with E-state index in [1.165, 1.54) is 0 Å². The molecule has 1 N–H and O–H groups in total. The smallest absolute Gasteiger partial charge is 0.228 e. The Labute approximate surface area is 159 Å². The molecule has 0 bridgehead atoms. The lowest BCUT2D eigenvalue weighted by Crippen LogP contribution is -2.50. The van der Waals surface area contributed by atoms with Crippen LogP contribution in [0.5, 0.6) is 5.75 Å². The standard InChI is InChI=1S/C20H27N3O4/c1-13(2)27-16-6-4-15(5-7-16)21-19(25)17-12-18(17)20(26)23-10-8-22(9-11-23)14(3)24/h4-7,13,17-18H,8-12H2,1-3H3,(H,21,25). The monoisotopic (exact) mass is 373 g/mol. The van der Waals surface area contributed by atoms with Gasteiger partial charge in [0.2, 0.25) is 17.7 Å². The Morgan fingerprint density at radius 3 is 2.15 bits per heavy atom. The van der Waals surface area contributed by atoms with Crippen LogP contribution in [-0.4, -0.2) is 59.8 Å². The van der Waals surface area contributed by atoms with Crippen LogP contribution in [0.3, 0.4) is 0 Å². The van der Waals surface area contributed by atoms with Crippen molar-refractivity contribution < 1.29 is 19.1 Å². The predicted molar refractivity (Wildman–Crippen MR) is 101 cm³/mol. The molecule has 1 aliphatic carbocycles. The number of benzene rings is 1. The molecule has 2 atom stereocenters. The van der Waals surface area contributed by atoms with E-state index in [4.69, 9.17) is 4.74 Å². The van der Waals surface area contributed by atoms with E-state index in [1.807, 2.05) is 26.0 Å². The van der Waals surface area contributed by atoms with E-state index in [2.05, 4.69) is 5.32 Å². The van der Waals surface area contributed by atoms with Gasteiger partial charge in [-0.15, -0.1) is 0 Å². The highest BCUT2D eigenvalue weighted by Gasteiger charge is 2.49. The van der Waals surface area contributed by atoms with E-state index >= 15 is 0 Å². The minimum Gasteiger partial charge on any atom is -0.491 e. The van der Waals surface area contributed by atoms with Crippen LogP contribution in [0.4, 0.5) is 5.69 Å². The lowest BCUT2D eigenvalue weighted by Gasteiger charge is -2.34. The fourth-order valence-corrected chi connectivity index (χ4v) is 3.36. The third-order valence-corrected chi connectivity index (χ3v) is 4.97. The first-order valence-corrected chi connectivity index (χ1v) is 9.47. The van der Waals surface area contributed by atoms with Crippen molar-refractivity contribution in [1.29, 1.82) is 0 Å². The van der Waals surface area contributed by atoms with Gasteiger partial charge in [0, 0.05) is 38.8 Å². The summed E-state index contributed by atoms with van der Waals surface area (Å²) in [5.74, 6) is 0.197. The molecule has 3 amide bonds. The van der Waals surface area contributed by atoms with Gasteiger partial charge in [-0.25, -0.2) is 0 Å². The Morgan fingerprint density at radius 2 is 1.59 bits per heavy atom. The van der Waals surface area contributed by atoms with Crippen molar-refractivity contribution in [2.75, 3.05) is 31.5 Å². The second-order valence-corrected chi connectivity index (χ2v) is 7.46. The first kappa shape index (κ1) is 19.2. The van der Waals surface area contributed by atoms with Gasteiger partial charge in [-0.1, -0.05) is 0 Å². The Kier molecular flexibility index (Phi) is 5.68. The maximum Gasteiger partial charge on any atom is 0.228 e. The third-order valence-electron chi connectivity index (χ3n) is 4.97. The van der Waals surface area contributed by atoms with Crippen LogP contribution in [0.2, 0.25) is 0 Å². The molecule has 27 heavy (non-hydrogen) atoms. The molecular weight excluding hydrogens is 346 g/mol. The fourth-order valence-electron chi connectivity index (χ4n) is 3.36. The third kappa shape index (κ3) is 4.78. The van der Waals surface area contributed by atoms with Crippen LogP contribution in [0.25, 0.3) is 0 Å². The summed E-state index contributed by atoms with van der Waals surface area (Å²) >= 11 is 0. The zero-order chi connectivity index (χ0) is 19.6. The molecule has 146 valence electrons. The Hall–Kier alpha value is -2.57. The van der Waals surface area contributed by atoms with Crippen molar-refractivity contribution in [2.24, 2.45) is 11.8 Å². The summed E-state index contributed by atoms with van der Waals surface area (Å²) < 4.78 is 5.58. The normalized spacial score (nSPS) is 21.8. The van der Waals surface area contributed by atoms with Crippen LogP contribution in [0.1, 0.15) is 27.2 Å². The van der Waals surface area contributed by atoms with Crippen molar-refractivity contribution in [3.8, 4) is 5.75 Å². The maximum absolute atomic E-state index is 12.6. The van der Waals surface area contributed by atoms with Gasteiger partial charge in [-0.2, -0.15) is 0 Å². The molecule has 0 radical (unpaired) electrons. The Bertz CT molecular complexity index is 708. The number of rotatable bonds is 5. The number of nitrogens with zero attached hydrogens (tertiary/aromatic N) is 2. The van der Waals surface area contributed by atoms with Gasteiger partial charge >= 0.3 is 0 Å². The molecule has 3 rings (SSSR count). The van der Waals surface area contributed by atoms with Crippen molar-refractivity contribution in [1.82, 2.24) is 9.80 Å². The molecule has 2 fully saturated rings. The molecule has 0 aromatic heterocycles. The van der Waals surface area contributed by atoms with E-state index in [-0.39, 0.29) is 35.7 Å². The molecule has 1 heterocycles. The van der Waals surface area contributed by atoms with Gasteiger partial charge in [0.15, 0.2) is 0 Å². The molecule has 7 heteroatoms. The molecule has 0 spiro atoms. The summed E-state index contributed by atoms with van der Waals surface area (Å²) in [7, 11) is 0. The van der Waals surface area contributed by atoms with Gasteiger partial charge in [0.25, 0.3) is 0 Å². The van der Waals surface area contributed by atoms with Gasteiger partial charge in [-0.3, -0.25) is 14.4 Å². The van der Waals surface area contributed by atoms with Gasteiger partial charge in [0.05, 0.1) is 17.9 Å². The molecule has 1 aromatic rings. The van der Waals surface area contributed by atoms with Crippen molar-refractivity contribution in [3.63, 3.8) is 0 Å². The zero-order valence-electron chi connectivity index (χ0n) is 16.1. The summed E-state index contributed by atoms with van der Waals surface area (Å²) in [6.07, 6.45) is 0.688. The summed E-state index contributed by atoms with van der Waals surface area (Å²) in [6, 6.07) is 7.24. The number of anilines is 1. The number of carbonyl (C=O) groups is 3. The zero-order valence-corrected chi connectivity index (χ0v) is 16.1. The van der Waals surface area contributed by atoms with E-state index in [1.54, 1.807) is 28.9 Å². The predicted octanol–water partition coefficient (Wildman–Crippen LogP) is 1.74. The molecule has 1 saturated heterocycles. The molecule has 1 aromatic carbocycles. The number of nitrogens with one attached hydrogen (secondary N) is 1. The number of ether oxygens (including phenoxy) is 1. The first-order chi connectivity index (χ1) is 12.8. The first-order valence-electron chi connectivity index (χ1n) is 9.47. The van der Waals surface area contributed by atoms with Gasteiger partial charge < -0.3 is 19.9 Å². The fraction of sp³-hybridized carbons (Fsp3) is 0.550. The minimum atomic E-state index is -0.269. The van der Waals surface area contributed by atoms with E-state index in [0.717, 1.165) is 5.75 Å². The highest BCUT2D eigenvalue weighted by molar-refractivity contribution is 5.99. The highest BCUT2D eigenvalue weighted by atomic mass is 16.5. The average molecular weight is 373 g/mol. The van der Waals surface area contributed by atoms with Crippen LogP contribution in [0.15, 0.2) is 24.3 Å². The maximum atomic E-state index is 12.6. The number of amides is 3. The lowest BCUT2D eigenvalue weighted by molar-refractivity contribution is -0.139.